The Morgan fingerprint density at radius 1 is 1.45 bits per heavy atom. The van der Waals surface area contributed by atoms with Crippen molar-refractivity contribution in [3.63, 3.8) is 0 Å². The molecular formula is C6H5ClN4. The summed E-state index contributed by atoms with van der Waals surface area (Å²) in [5.74, 6) is 0. The van der Waals surface area contributed by atoms with Crippen LogP contribution in [0.4, 0.5) is 0 Å². The van der Waals surface area contributed by atoms with E-state index in [0.717, 1.165) is 11.1 Å². The third-order valence-corrected chi connectivity index (χ3v) is 1.78. The number of H-pyrrole nitrogens is 1. The molecule has 0 saturated carbocycles. The molecule has 1 N–H and O–H groups in total. The quantitative estimate of drug-likeness (QED) is 0.646. The molecule has 0 fully saturated rings. The highest BCUT2D eigenvalue weighted by Gasteiger charge is 2.06. The van der Waals surface area contributed by atoms with E-state index in [4.69, 9.17) is 11.6 Å². The molecule has 4 nitrogen and oxygen atoms in total. The lowest BCUT2D eigenvalue weighted by Crippen LogP contribution is -1.83. The minimum atomic E-state index is 0.429. The Morgan fingerprint density at radius 3 is 3.00 bits per heavy atom. The van der Waals surface area contributed by atoms with E-state index in [1.807, 2.05) is 6.92 Å². The number of hydrogen-bond donors (Lipinski definition) is 1. The Labute approximate surface area is 67.6 Å². The SMILES string of the molecule is Cc1ncnc2[nH]nc(Cl)c12. The van der Waals surface area contributed by atoms with E-state index in [2.05, 4.69) is 20.2 Å². The molecule has 0 unspecified atom stereocenters. The summed E-state index contributed by atoms with van der Waals surface area (Å²) in [5.41, 5.74) is 1.52. The Bertz CT molecular complexity index is 394. The number of nitrogens with zero attached hydrogens (tertiary/aromatic N) is 3. The molecule has 0 bridgehead atoms. The zero-order valence-electron chi connectivity index (χ0n) is 5.80. The molecule has 0 spiro atoms. The maximum Gasteiger partial charge on any atom is 0.162 e. The van der Waals surface area contributed by atoms with Gasteiger partial charge in [0.15, 0.2) is 10.8 Å². The summed E-state index contributed by atoms with van der Waals surface area (Å²) in [6, 6.07) is 0. The number of rotatable bonds is 0. The van der Waals surface area contributed by atoms with Crippen molar-refractivity contribution < 1.29 is 0 Å². The summed E-state index contributed by atoms with van der Waals surface area (Å²) in [5, 5.41) is 7.72. The van der Waals surface area contributed by atoms with Crippen LogP contribution in [0.1, 0.15) is 5.69 Å². The summed E-state index contributed by atoms with van der Waals surface area (Å²) in [6.45, 7) is 1.87. The topological polar surface area (TPSA) is 54.5 Å². The molecule has 0 atom stereocenters. The summed E-state index contributed by atoms with van der Waals surface area (Å²) in [7, 11) is 0. The van der Waals surface area contributed by atoms with Gasteiger partial charge in [-0.1, -0.05) is 11.6 Å². The number of fused-ring (bicyclic) bond motifs is 1. The number of hydrogen-bond acceptors (Lipinski definition) is 3. The van der Waals surface area contributed by atoms with Gasteiger partial charge in [0, 0.05) is 0 Å². The van der Waals surface area contributed by atoms with E-state index < -0.39 is 0 Å². The van der Waals surface area contributed by atoms with Gasteiger partial charge in [0.2, 0.25) is 0 Å². The summed E-state index contributed by atoms with van der Waals surface area (Å²) >= 11 is 5.76. The van der Waals surface area contributed by atoms with E-state index in [1.54, 1.807) is 0 Å². The average Bonchev–Trinajstić information content (AvgIpc) is 2.34. The zero-order valence-corrected chi connectivity index (χ0v) is 6.55. The molecule has 2 heterocycles. The molecule has 2 aromatic heterocycles. The van der Waals surface area contributed by atoms with Crippen molar-refractivity contribution in [2.45, 2.75) is 6.92 Å². The first-order valence-corrected chi connectivity index (χ1v) is 3.48. The van der Waals surface area contributed by atoms with Crippen molar-refractivity contribution in [2.75, 3.05) is 0 Å². The number of nitrogens with one attached hydrogen (secondary N) is 1. The molecule has 56 valence electrons. The maximum absolute atomic E-state index is 5.76. The Morgan fingerprint density at radius 2 is 2.27 bits per heavy atom. The highest BCUT2D eigenvalue weighted by molar-refractivity contribution is 6.34. The second kappa shape index (κ2) is 2.17. The van der Waals surface area contributed by atoms with Crippen molar-refractivity contribution in [3.05, 3.63) is 17.2 Å². The van der Waals surface area contributed by atoms with Crippen LogP contribution >= 0.6 is 11.6 Å². The number of halogens is 1. The van der Waals surface area contributed by atoms with Crippen LogP contribution in [0.3, 0.4) is 0 Å². The number of aryl methyl sites for hydroxylation is 1. The predicted molar refractivity (Wildman–Crippen MR) is 41.4 cm³/mol. The molecule has 2 rings (SSSR count). The Hall–Kier alpha value is -1.16. The van der Waals surface area contributed by atoms with E-state index in [0.29, 0.717) is 10.8 Å². The fourth-order valence-electron chi connectivity index (χ4n) is 0.963. The lowest BCUT2D eigenvalue weighted by Gasteiger charge is -1.90. The Kier molecular flexibility index (Phi) is 1.29. The van der Waals surface area contributed by atoms with Crippen LogP contribution < -0.4 is 0 Å². The normalized spacial score (nSPS) is 10.7. The predicted octanol–water partition coefficient (Wildman–Crippen LogP) is 1.31. The van der Waals surface area contributed by atoms with Gasteiger partial charge in [0.1, 0.15) is 6.33 Å². The van der Waals surface area contributed by atoms with Gasteiger partial charge in [-0.25, -0.2) is 9.97 Å². The number of aromatic amines is 1. The summed E-state index contributed by atoms with van der Waals surface area (Å²) < 4.78 is 0. The third-order valence-electron chi connectivity index (χ3n) is 1.50. The molecule has 5 heteroatoms. The van der Waals surface area contributed by atoms with Crippen molar-refractivity contribution >= 4 is 22.6 Å². The van der Waals surface area contributed by atoms with Gasteiger partial charge in [0.05, 0.1) is 11.1 Å². The van der Waals surface area contributed by atoms with Gasteiger partial charge >= 0.3 is 0 Å². The van der Waals surface area contributed by atoms with E-state index in [9.17, 15) is 0 Å². The van der Waals surface area contributed by atoms with Crippen LogP contribution in [0, 0.1) is 6.92 Å². The standard InChI is InChI=1S/C6H5ClN4/c1-3-4-5(7)10-11-6(4)9-2-8-3/h2H,1H3,(H,8,9,10,11). The lowest BCUT2D eigenvalue weighted by molar-refractivity contribution is 1.08. The average molecular weight is 169 g/mol. The van der Waals surface area contributed by atoms with Crippen LogP contribution in [-0.4, -0.2) is 20.2 Å². The second-order valence-corrected chi connectivity index (χ2v) is 2.56. The van der Waals surface area contributed by atoms with Crippen molar-refractivity contribution in [2.24, 2.45) is 0 Å². The molecule has 0 aliphatic rings. The molecule has 0 aliphatic heterocycles. The Balaban J connectivity index is 2.96. The first-order chi connectivity index (χ1) is 5.29. The van der Waals surface area contributed by atoms with Gasteiger partial charge in [0.25, 0.3) is 0 Å². The van der Waals surface area contributed by atoms with Crippen molar-refractivity contribution in [1.82, 2.24) is 20.2 Å². The summed E-state index contributed by atoms with van der Waals surface area (Å²) in [6.07, 6.45) is 1.48. The summed E-state index contributed by atoms with van der Waals surface area (Å²) in [4.78, 5) is 7.93. The fraction of sp³-hybridized carbons (Fsp3) is 0.167. The lowest BCUT2D eigenvalue weighted by atomic mass is 10.3. The van der Waals surface area contributed by atoms with Gasteiger partial charge in [-0.2, -0.15) is 5.10 Å². The van der Waals surface area contributed by atoms with Gasteiger partial charge in [-0.3, -0.25) is 5.10 Å². The van der Waals surface area contributed by atoms with Gasteiger partial charge in [-0.15, -0.1) is 0 Å². The molecular weight excluding hydrogens is 164 g/mol. The van der Waals surface area contributed by atoms with Gasteiger partial charge < -0.3 is 0 Å². The molecule has 0 aromatic carbocycles. The molecule has 2 aromatic rings. The molecule has 0 aliphatic carbocycles. The van der Waals surface area contributed by atoms with E-state index in [-0.39, 0.29) is 0 Å². The van der Waals surface area contributed by atoms with Gasteiger partial charge in [-0.05, 0) is 6.92 Å². The monoisotopic (exact) mass is 168 g/mol. The van der Waals surface area contributed by atoms with Crippen LogP contribution in [0.25, 0.3) is 11.0 Å². The van der Waals surface area contributed by atoms with Crippen LogP contribution in [0.2, 0.25) is 5.15 Å². The first kappa shape index (κ1) is 6.54. The smallest absolute Gasteiger partial charge is 0.162 e. The maximum atomic E-state index is 5.76. The van der Waals surface area contributed by atoms with Crippen molar-refractivity contribution in [3.8, 4) is 0 Å². The van der Waals surface area contributed by atoms with Crippen LogP contribution in [0.5, 0.6) is 0 Å². The molecule has 11 heavy (non-hydrogen) atoms. The van der Waals surface area contributed by atoms with Crippen molar-refractivity contribution in [1.29, 1.82) is 0 Å². The molecule has 0 amide bonds. The van der Waals surface area contributed by atoms with Crippen LogP contribution in [-0.2, 0) is 0 Å². The minimum absolute atomic E-state index is 0.429. The largest absolute Gasteiger partial charge is 0.259 e. The minimum Gasteiger partial charge on any atom is -0.259 e. The molecule has 0 saturated heterocycles. The van der Waals surface area contributed by atoms with Crippen LogP contribution in [0.15, 0.2) is 6.33 Å². The molecule has 0 radical (unpaired) electrons. The zero-order chi connectivity index (χ0) is 7.84. The third kappa shape index (κ3) is 0.867. The highest BCUT2D eigenvalue weighted by Crippen LogP contribution is 2.19. The van der Waals surface area contributed by atoms with E-state index in [1.165, 1.54) is 6.33 Å². The fourth-order valence-corrected chi connectivity index (χ4v) is 1.23. The highest BCUT2D eigenvalue weighted by atomic mass is 35.5. The second-order valence-electron chi connectivity index (χ2n) is 2.20. The van der Waals surface area contributed by atoms with E-state index >= 15 is 0 Å². The first-order valence-electron chi connectivity index (χ1n) is 3.10. The number of aromatic nitrogens is 4.